The fourth-order valence-corrected chi connectivity index (χ4v) is 2.81. The number of likely N-dealkylation sites (N-methyl/N-ethyl adjacent to an activating group) is 1. The molecule has 0 aliphatic carbocycles. The summed E-state index contributed by atoms with van der Waals surface area (Å²) in [4.78, 5) is 35.9. The van der Waals surface area contributed by atoms with Crippen molar-refractivity contribution in [3.63, 3.8) is 0 Å². The van der Waals surface area contributed by atoms with Gasteiger partial charge in [-0.05, 0) is 14.0 Å². The monoisotopic (exact) mass is 339 g/mol. The molecule has 0 saturated carbocycles. The van der Waals surface area contributed by atoms with E-state index in [9.17, 15) is 9.59 Å². The van der Waals surface area contributed by atoms with Crippen LogP contribution in [0, 0.1) is 0 Å². The quantitative estimate of drug-likeness (QED) is 0.458. The van der Waals surface area contributed by atoms with Crippen LogP contribution in [0.2, 0.25) is 0 Å². The number of nitrogen functional groups attached to an aromatic ring is 1. The molecular weight excluding hydrogens is 318 g/mol. The third-order valence-electron chi connectivity index (χ3n) is 3.47. The first-order chi connectivity index (χ1) is 11.0. The Kier molecular flexibility index (Phi) is 6.17. The Labute approximate surface area is 139 Å². The van der Waals surface area contributed by atoms with Gasteiger partial charge in [0, 0.05) is 32.4 Å². The average Bonchev–Trinajstić information content (AvgIpc) is 2.53. The maximum Gasteiger partial charge on any atom is 0.343 e. The molecule has 0 aromatic carbocycles. The molecule has 1 aliphatic rings. The molecule has 8 nitrogen and oxygen atoms in total. The van der Waals surface area contributed by atoms with Gasteiger partial charge in [-0.15, -0.1) is 0 Å². The Bertz CT molecular complexity index is 576. The van der Waals surface area contributed by atoms with Crippen LogP contribution in [0.15, 0.2) is 11.4 Å². The average molecular weight is 339 g/mol. The summed E-state index contributed by atoms with van der Waals surface area (Å²) in [5, 5.41) is 0.373. The number of amides is 1. The van der Waals surface area contributed by atoms with Gasteiger partial charge in [0.2, 0.25) is 5.91 Å². The molecule has 1 fully saturated rings. The maximum atomic E-state index is 12.1. The van der Waals surface area contributed by atoms with Crippen LogP contribution in [0.3, 0.4) is 0 Å². The standard InChI is InChI=1S/C14H21N5O3S/c1-3-22-13(21)10-8-16-14(17-12(10)15)23-9-11(20)19-6-4-18(2)5-7-19/h8H,3-7,9H2,1-2H3,(H2,15,16,17). The van der Waals surface area contributed by atoms with E-state index in [4.69, 9.17) is 10.5 Å². The van der Waals surface area contributed by atoms with E-state index in [0.29, 0.717) is 5.16 Å². The van der Waals surface area contributed by atoms with Gasteiger partial charge in [0.15, 0.2) is 5.16 Å². The van der Waals surface area contributed by atoms with Crippen molar-refractivity contribution in [1.82, 2.24) is 19.8 Å². The van der Waals surface area contributed by atoms with Crippen LogP contribution in [-0.2, 0) is 9.53 Å². The van der Waals surface area contributed by atoms with Crippen LogP contribution in [0.25, 0.3) is 0 Å². The summed E-state index contributed by atoms with van der Waals surface area (Å²) in [7, 11) is 2.04. The van der Waals surface area contributed by atoms with Gasteiger partial charge < -0.3 is 20.3 Å². The Balaban J connectivity index is 1.89. The summed E-state index contributed by atoms with van der Waals surface area (Å²) in [6, 6.07) is 0. The van der Waals surface area contributed by atoms with E-state index in [1.165, 1.54) is 18.0 Å². The van der Waals surface area contributed by atoms with Gasteiger partial charge in [-0.1, -0.05) is 11.8 Å². The number of carbonyl (C=O) groups is 2. The summed E-state index contributed by atoms with van der Waals surface area (Å²) in [6.45, 7) is 5.21. The normalized spacial score (nSPS) is 15.5. The van der Waals surface area contributed by atoms with Crippen molar-refractivity contribution < 1.29 is 14.3 Å². The SMILES string of the molecule is CCOC(=O)c1cnc(SCC(=O)N2CCN(C)CC2)nc1N. The van der Waals surface area contributed by atoms with Crippen LogP contribution in [0.1, 0.15) is 17.3 Å². The maximum absolute atomic E-state index is 12.1. The molecule has 1 saturated heterocycles. The second-order valence-corrected chi connectivity index (χ2v) is 6.09. The molecule has 126 valence electrons. The molecule has 1 amide bonds. The van der Waals surface area contributed by atoms with Gasteiger partial charge in [0.1, 0.15) is 11.4 Å². The zero-order valence-electron chi connectivity index (χ0n) is 13.3. The fourth-order valence-electron chi connectivity index (χ4n) is 2.09. The second-order valence-electron chi connectivity index (χ2n) is 5.14. The van der Waals surface area contributed by atoms with Crippen LogP contribution in [0.4, 0.5) is 5.82 Å². The number of aromatic nitrogens is 2. The topological polar surface area (TPSA) is 102 Å². The van der Waals surface area contributed by atoms with Crippen LogP contribution in [0.5, 0.6) is 0 Å². The Morgan fingerprint density at radius 2 is 2.04 bits per heavy atom. The number of esters is 1. The molecule has 1 aliphatic heterocycles. The molecule has 0 atom stereocenters. The van der Waals surface area contributed by atoms with Crippen molar-refractivity contribution >= 4 is 29.5 Å². The Morgan fingerprint density at radius 1 is 1.35 bits per heavy atom. The van der Waals surface area contributed by atoms with Crippen molar-refractivity contribution in [2.75, 3.05) is 51.3 Å². The van der Waals surface area contributed by atoms with Gasteiger partial charge >= 0.3 is 5.97 Å². The van der Waals surface area contributed by atoms with Gasteiger partial charge in [-0.25, -0.2) is 14.8 Å². The lowest BCUT2D eigenvalue weighted by Crippen LogP contribution is -2.47. The van der Waals surface area contributed by atoms with E-state index in [1.807, 2.05) is 11.9 Å². The number of thioether (sulfide) groups is 1. The molecule has 23 heavy (non-hydrogen) atoms. The first-order valence-corrected chi connectivity index (χ1v) is 8.38. The zero-order chi connectivity index (χ0) is 16.8. The summed E-state index contributed by atoms with van der Waals surface area (Å²) in [6.07, 6.45) is 1.34. The molecule has 0 radical (unpaired) electrons. The highest BCUT2D eigenvalue weighted by Gasteiger charge is 2.20. The fraction of sp³-hybridized carbons (Fsp3) is 0.571. The van der Waals surface area contributed by atoms with E-state index < -0.39 is 5.97 Å². The Hall–Kier alpha value is -1.87. The number of hydrogen-bond acceptors (Lipinski definition) is 8. The van der Waals surface area contributed by atoms with Crippen molar-refractivity contribution in [3.05, 3.63) is 11.8 Å². The minimum atomic E-state index is -0.546. The molecule has 9 heteroatoms. The molecule has 0 bridgehead atoms. The molecule has 1 aromatic heterocycles. The number of ether oxygens (including phenoxy) is 1. The highest BCUT2D eigenvalue weighted by atomic mass is 32.2. The molecular formula is C14H21N5O3S. The van der Waals surface area contributed by atoms with Crippen LogP contribution < -0.4 is 5.73 Å². The van der Waals surface area contributed by atoms with Gasteiger partial charge in [-0.3, -0.25) is 4.79 Å². The second kappa shape index (κ2) is 8.11. The van der Waals surface area contributed by atoms with Gasteiger partial charge in [0.25, 0.3) is 0 Å². The number of nitrogens with two attached hydrogens (primary N) is 1. The highest BCUT2D eigenvalue weighted by molar-refractivity contribution is 7.99. The van der Waals surface area contributed by atoms with Gasteiger partial charge in [0.05, 0.1) is 12.4 Å². The van der Waals surface area contributed by atoms with E-state index in [-0.39, 0.29) is 29.6 Å². The number of carbonyl (C=O) groups excluding carboxylic acids is 2. The number of rotatable bonds is 5. The molecule has 2 N–H and O–H groups in total. The molecule has 1 aromatic rings. The number of anilines is 1. The van der Waals surface area contributed by atoms with Crippen LogP contribution >= 0.6 is 11.8 Å². The summed E-state index contributed by atoms with van der Waals surface area (Å²) < 4.78 is 4.86. The third-order valence-corrected chi connectivity index (χ3v) is 4.32. The van der Waals surface area contributed by atoms with Crippen molar-refractivity contribution in [2.45, 2.75) is 12.1 Å². The Morgan fingerprint density at radius 3 is 2.65 bits per heavy atom. The van der Waals surface area contributed by atoms with Crippen LogP contribution in [-0.4, -0.2) is 77.2 Å². The minimum absolute atomic E-state index is 0.0553. The summed E-state index contributed by atoms with van der Waals surface area (Å²) in [5.41, 5.74) is 5.89. The molecule has 2 rings (SSSR count). The summed E-state index contributed by atoms with van der Waals surface area (Å²) >= 11 is 1.21. The van der Waals surface area contributed by atoms with E-state index in [1.54, 1.807) is 6.92 Å². The van der Waals surface area contributed by atoms with Crippen molar-refractivity contribution in [2.24, 2.45) is 0 Å². The number of piperazine rings is 1. The first kappa shape index (κ1) is 17.5. The van der Waals surface area contributed by atoms with Crippen molar-refractivity contribution in [1.29, 1.82) is 0 Å². The molecule has 0 spiro atoms. The van der Waals surface area contributed by atoms with Crippen molar-refractivity contribution in [3.8, 4) is 0 Å². The van der Waals surface area contributed by atoms with Gasteiger partial charge in [-0.2, -0.15) is 0 Å². The lowest BCUT2D eigenvalue weighted by molar-refractivity contribution is -0.129. The predicted octanol–water partition coefficient (Wildman–Crippen LogP) is 0.102. The number of hydrogen-bond donors (Lipinski definition) is 1. The number of nitrogens with zero attached hydrogens (tertiary/aromatic N) is 4. The van der Waals surface area contributed by atoms with E-state index in [2.05, 4.69) is 14.9 Å². The largest absolute Gasteiger partial charge is 0.462 e. The minimum Gasteiger partial charge on any atom is -0.462 e. The lowest BCUT2D eigenvalue weighted by Gasteiger charge is -2.32. The predicted molar refractivity (Wildman–Crippen MR) is 87.2 cm³/mol. The molecule has 0 unspecified atom stereocenters. The molecule has 2 heterocycles. The first-order valence-electron chi connectivity index (χ1n) is 7.40. The summed E-state index contributed by atoms with van der Waals surface area (Å²) in [5.74, 6) is -0.176. The zero-order valence-corrected chi connectivity index (χ0v) is 14.1. The lowest BCUT2D eigenvalue weighted by atomic mass is 10.3. The van der Waals surface area contributed by atoms with E-state index >= 15 is 0 Å². The smallest absolute Gasteiger partial charge is 0.343 e. The highest BCUT2D eigenvalue weighted by Crippen LogP contribution is 2.18. The van der Waals surface area contributed by atoms with E-state index in [0.717, 1.165) is 26.2 Å². The third kappa shape index (κ3) is 4.80.